The fourth-order valence-corrected chi connectivity index (χ4v) is 4.86. The molecule has 1 fully saturated rings. The molecule has 0 bridgehead atoms. The van der Waals surface area contributed by atoms with Crippen molar-refractivity contribution < 1.29 is 14.4 Å². The molecule has 0 spiro atoms. The molecule has 0 amide bonds. The van der Waals surface area contributed by atoms with Crippen LogP contribution in [0.15, 0.2) is 65.6 Å². The first-order valence-corrected chi connectivity index (χ1v) is 12.6. The third-order valence-electron chi connectivity index (χ3n) is 7.07. The lowest BCUT2D eigenvalue weighted by molar-refractivity contribution is 0.0697. The van der Waals surface area contributed by atoms with Gasteiger partial charge in [-0.15, -0.1) is 0 Å². The summed E-state index contributed by atoms with van der Waals surface area (Å²) in [5.41, 5.74) is 7.07. The highest BCUT2D eigenvalue weighted by Gasteiger charge is 2.22. The molecule has 1 N–H and O–H groups in total. The van der Waals surface area contributed by atoms with Crippen LogP contribution in [0.2, 0.25) is 0 Å². The van der Waals surface area contributed by atoms with Crippen LogP contribution >= 0.6 is 0 Å². The van der Waals surface area contributed by atoms with E-state index in [9.17, 15) is 9.90 Å². The second-order valence-electron chi connectivity index (χ2n) is 9.78. The number of aromatic nitrogens is 4. The first kappa shape index (κ1) is 23.7. The molecule has 1 aromatic carbocycles. The van der Waals surface area contributed by atoms with Gasteiger partial charge < -0.3 is 14.2 Å². The van der Waals surface area contributed by atoms with E-state index >= 15 is 0 Å². The fourth-order valence-electron chi connectivity index (χ4n) is 4.86. The lowest BCUT2D eigenvalue weighted by atomic mass is 9.96. The molecule has 0 saturated heterocycles. The minimum absolute atomic E-state index is 0.0795. The first-order chi connectivity index (χ1) is 18.4. The SMILES string of the molecule is Cc1noc(C)c1-c1cnc2c(c1)c(-c1ccc(C(=O)O)cc1C#CC1CC1)cn2C(C)c1ccccn1. The molecule has 1 atom stereocenters. The molecule has 4 heterocycles. The number of aromatic carboxylic acids is 1. The highest BCUT2D eigenvalue weighted by atomic mass is 16.5. The van der Waals surface area contributed by atoms with Crippen LogP contribution in [0.1, 0.15) is 58.9 Å². The van der Waals surface area contributed by atoms with Gasteiger partial charge in [0, 0.05) is 52.1 Å². The molecular weight excluding hydrogens is 476 g/mol. The summed E-state index contributed by atoms with van der Waals surface area (Å²) in [7, 11) is 0. The first-order valence-electron chi connectivity index (χ1n) is 12.6. The van der Waals surface area contributed by atoms with Crippen LogP contribution in [-0.2, 0) is 0 Å². The summed E-state index contributed by atoms with van der Waals surface area (Å²) < 4.78 is 7.55. The van der Waals surface area contributed by atoms with Crippen molar-refractivity contribution in [3.63, 3.8) is 0 Å². The maximum absolute atomic E-state index is 11.8. The topological polar surface area (TPSA) is 94.0 Å². The van der Waals surface area contributed by atoms with E-state index in [4.69, 9.17) is 9.51 Å². The molecule has 7 nitrogen and oxygen atoms in total. The van der Waals surface area contributed by atoms with E-state index in [2.05, 4.69) is 45.7 Å². The number of pyridine rings is 2. The van der Waals surface area contributed by atoms with E-state index in [0.29, 0.717) is 11.5 Å². The van der Waals surface area contributed by atoms with Crippen molar-refractivity contribution in [2.24, 2.45) is 5.92 Å². The van der Waals surface area contributed by atoms with Crippen LogP contribution in [0, 0.1) is 31.6 Å². The van der Waals surface area contributed by atoms with Crippen LogP contribution in [-0.4, -0.2) is 30.8 Å². The Morgan fingerprint density at radius 2 is 1.97 bits per heavy atom. The van der Waals surface area contributed by atoms with Gasteiger partial charge >= 0.3 is 5.97 Å². The van der Waals surface area contributed by atoms with Gasteiger partial charge in [-0.2, -0.15) is 0 Å². The van der Waals surface area contributed by atoms with Gasteiger partial charge in [0.25, 0.3) is 0 Å². The third-order valence-corrected chi connectivity index (χ3v) is 7.07. The van der Waals surface area contributed by atoms with E-state index in [0.717, 1.165) is 63.3 Å². The monoisotopic (exact) mass is 502 g/mol. The second-order valence-corrected chi connectivity index (χ2v) is 9.78. The van der Waals surface area contributed by atoms with Gasteiger partial charge in [0.2, 0.25) is 0 Å². The number of hydrogen-bond donors (Lipinski definition) is 1. The Labute approximate surface area is 220 Å². The Morgan fingerprint density at radius 3 is 2.66 bits per heavy atom. The number of benzene rings is 1. The normalized spacial score (nSPS) is 13.8. The van der Waals surface area contributed by atoms with Crippen LogP contribution in [0.3, 0.4) is 0 Å². The number of carboxylic acids is 1. The molecule has 7 heteroatoms. The summed E-state index contributed by atoms with van der Waals surface area (Å²) in [5, 5.41) is 14.7. The molecular formula is C31H26N4O3. The van der Waals surface area contributed by atoms with Crippen LogP contribution in [0.4, 0.5) is 0 Å². The van der Waals surface area contributed by atoms with Gasteiger partial charge in [-0.1, -0.05) is 29.1 Å². The molecule has 38 heavy (non-hydrogen) atoms. The predicted molar refractivity (Wildman–Crippen MR) is 145 cm³/mol. The smallest absolute Gasteiger partial charge is 0.335 e. The van der Waals surface area contributed by atoms with E-state index < -0.39 is 5.97 Å². The highest BCUT2D eigenvalue weighted by Crippen LogP contribution is 2.38. The van der Waals surface area contributed by atoms with Crippen molar-refractivity contribution in [1.82, 2.24) is 19.7 Å². The van der Waals surface area contributed by atoms with E-state index in [1.807, 2.05) is 44.3 Å². The van der Waals surface area contributed by atoms with Crippen molar-refractivity contribution in [3.05, 3.63) is 89.3 Å². The van der Waals surface area contributed by atoms with Gasteiger partial charge in [0.05, 0.1) is 23.0 Å². The number of carbonyl (C=O) groups is 1. The van der Waals surface area contributed by atoms with Crippen molar-refractivity contribution in [3.8, 4) is 34.1 Å². The summed E-state index contributed by atoms with van der Waals surface area (Å²) in [6.45, 7) is 5.91. The van der Waals surface area contributed by atoms with Crippen LogP contribution < -0.4 is 0 Å². The summed E-state index contributed by atoms with van der Waals surface area (Å²) in [6.07, 6.45) is 7.89. The number of fused-ring (bicyclic) bond motifs is 1. The Kier molecular flexibility index (Phi) is 5.80. The zero-order chi connectivity index (χ0) is 26.4. The summed E-state index contributed by atoms with van der Waals surface area (Å²) in [5.74, 6) is 6.73. The van der Waals surface area contributed by atoms with E-state index in [1.54, 1.807) is 18.3 Å². The summed E-state index contributed by atoms with van der Waals surface area (Å²) >= 11 is 0. The van der Waals surface area contributed by atoms with Gasteiger partial charge in [0.1, 0.15) is 11.4 Å². The minimum atomic E-state index is -0.973. The van der Waals surface area contributed by atoms with Crippen molar-refractivity contribution in [2.45, 2.75) is 39.7 Å². The quantitative estimate of drug-likeness (QED) is 0.278. The summed E-state index contributed by atoms with van der Waals surface area (Å²) in [6, 6.07) is 13.1. The average molecular weight is 503 g/mol. The lowest BCUT2D eigenvalue weighted by Crippen LogP contribution is -2.07. The maximum Gasteiger partial charge on any atom is 0.335 e. The Balaban J connectivity index is 1.60. The molecule has 0 radical (unpaired) electrons. The zero-order valence-electron chi connectivity index (χ0n) is 21.4. The van der Waals surface area contributed by atoms with Crippen LogP contribution in [0.25, 0.3) is 33.3 Å². The number of carboxylic acid groups (broad SMARTS) is 1. The van der Waals surface area contributed by atoms with Crippen molar-refractivity contribution in [1.29, 1.82) is 0 Å². The molecule has 6 rings (SSSR count). The van der Waals surface area contributed by atoms with Gasteiger partial charge in [0.15, 0.2) is 0 Å². The van der Waals surface area contributed by atoms with Gasteiger partial charge in [-0.3, -0.25) is 4.98 Å². The van der Waals surface area contributed by atoms with E-state index in [-0.39, 0.29) is 11.6 Å². The Morgan fingerprint density at radius 1 is 1.13 bits per heavy atom. The molecule has 1 unspecified atom stereocenters. The zero-order valence-corrected chi connectivity index (χ0v) is 21.4. The molecule has 1 aliphatic carbocycles. The highest BCUT2D eigenvalue weighted by molar-refractivity contribution is 5.99. The van der Waals surface area contributed by atoms with Gasteiger partial charge in [-0.25, -0.2) is 9.78 Å². The third kappa shape index (κ3) is 4.24. The summed E-state index contributed by atoms with van der Waals surface area (Å²) in [4.78, 5) is 21.2. The Bertz CT molecular complexity index is 1730. The number of aryl methyl sites for hydroxylation is 2. The number of rotatable bonds is 5. The van der Waals surface area contributed by atoms with E-state index in [1.165, 1.54) is 0 Å². The molecule has 1 saturated carbocycles. The molecule has 4 aromatic heterocycles. The fraction of sp³-hybridized carbons (Fsp3) is 0.226. The number of hydrogen-bond acceptors (Lipinski definition) is 5. The second kappa shape index (κ2) is 9.31. The predicted octanol–water partition coefficient (Wildman–Crippen LogP) is 6.44. The average Bonchev–Trinajstić information content (AvgIpc) is 3.60. The molecule has 1 aliphatic rings. The van der Waals surface area contributed by atoms with Crippen molar-refractivity contribution >= 4 is 17.0 Å². The number of nitrogens with zero attached hydrogens (tertiary/aromatic N) is 4. The maximum atomic E-state index is 11.8. The molecule has 0 aliphatic heterocycles. The minimum Gasteiger partial charge on any atom is -0.478 e. The largest absolute Gasteiger partial charge is 0.478 e. The standard InChI is InChI=1S/C31H26N4O3/c1-18-29(20(3)38-34-18)24-15-26-27(17-35(30(26)33-16-24)19(2)28-6-4-5-13-32-28)25-12-11-23(31(36)37)14-22(25)10-9-21-7-8-21/h4-6,11-17,19,21H,7-8H2,1-3H3,(H,36,37). The van der Waals surface area contributed by atoms with Crippen LogP contribution in [0.5, 0.6) is 0 Å². The molecule has 5 aromatic rings. The lowest BCUT2D eigenvalue weighted by Gasteiger charge is -2.14. The Hall–Kier alpha value is -4.70. The van der Waals surface area contributed by atoms with Gasteiger partial charge in [-0.05, 0) is 69.5 Å². The molecule has 188 valence electrons. The van der Waals surface area contributed by atoms with Crippen molar-refractivity contribution in [2.75, 3.05) is 0 Å².